The largest absolute Gasteiger partial charge is 0.311 e. The molecule has 3 N–H and O–H groups in total. The van der Waals surface area contributed by atoms with E-state index in [9.17, 15) is 9.59 Å². The van der Waals surface area contributed by atoms with E-state index in [1.165, 1.54) is 0 Å². The maximum absolute atomic E-state index is 10.3. The quantitative estimate of drug-likeness (QED) is 0.455. The van der Waals surface area contributed by atoms with Gasteiger partial charge in [0.05, 0.1) is 0 Å². The van der Waals surface area contributed by atoms with Gasteiger partial charge in [-0.25, -0.2) is 0 Å². The van der Waals surface area contributed by atoms with Crippen LogP contribution in [0.3, 0.4) is 0 Å². The summed E-state index contributed by atoms with van der Waals surface area (Å²) < 4.78 is 0. The summed E-state index contributed by atoms with van der Waals surface area (Å²) in [5.41, 5.74) is 5.10. The minimum atomic E-state index is -0.692. The number of hydrogen-bond donors (Lipinski definition) is 2. The van der Waals surface area contributed by atoms with E-state index in [-0.39, 0.29) is 5.24 Å². The molecule has 1 aliphatic heterocycles. The number of rotatable bonds is 0. The Hall–Kier alpha value is -0.550. The third-order valence-corrected chi connectivity index (χ3v) is 1.50. The van der Waals surface area contributed by atoms with Gasteiger partial charge < -0.3 is 5.73 Å². The molecule has 0 radical (unpaired) electrons. The van der Waals surface area contributed by atoms with Crippen LogP contribution in [0.25, 0.3) is 0 Å². The van der Waals surface area contributed by atoms with Gasteiger partial charge in [0.2, 0.25) is 0 Å². The molecule has 0 aromatic heterocycles. The SMILES string of the molecule is NC1SC(=O)NC1=O. The van der Waals surface area contributed by atoms with E-state index in [0.29, 0.717) is 0 Å². The van der Waals surface area contributed by atoms with Gasteiger partial charge in [-0.15, -0.1) is 0 Å². The fraction of sp³-hybridized carbons (Fsp3) is 0.333. The third-order valence-electron chi connectivity index (χ3n) is 0.718. The van der Waals surface area contributed by atoms with E-state index in [1.807, 2.05) is 5.32 Å². The molecular formula is C3H4N2O2S. The van der Waals surface area contributed by atoms with Crippen LogP contribution < -0.4 is 11.1 Å². The molecule has 44 valence electrons. The number of imide groups is 1. The Bertz CT molecular complexity index is 146. The number of nitrogens with two attached hydrogens (primary N) is 1. The van der Waals surface area contributed by atoms with Crippen molar-refractivity contribution in [2.75, 3.05) is 0 Å². The predicted octanol–water partition coefficient (Wildman–Crippen LogP) is -0.746. The van der Waals surface area contributed by atoms with Crippen LogP contribution in [-0.2, 0) is 4.79 Å². The van der Waals surface area contributed by atoms with Crippen molar-refractivity contribution >= 4 is 22.9 Å². The first-order valence-electron chi connectivity index (χ1n) is 1.97. The Morgan fingerprint density at radius 1 is 1.62 bits per heavy atom. The van der Waals surface area contributed by atoms with Crippen molar-refractivity contribution in [1.82, 2.24) is 5.32 Å². The zero-order valence-corrected chi connectivity index (χ0v) is 4.70. The Kier molecular flexibility index (Phi) is 1.22. The summed E-state index contributed by atoms with van der Waals surface area (Å²) in [4.78, 5) is 20.5. The van der Waals surface area contributed by atoms with E-state index in [0.717, 1.165) is 11.8 Å². The second-order valence-electron chi connectivity index (χ2n) is 1.32. The Morgan fingerprint density at radius 2 is 2.25 bits per heavy atom. The third kappa shape index (κ3) is 0.823. The molecule has 1 fully saturated rings. The van der Waals surface area contributed by atoms with Crippen LogP contribution in [-0.4, -0.2) is 16.5 Å². The zero-order valence-electron chi connectivity index (χ0n) is 3.88. The summed E-state index contributed by atoms with van der Waals surface area (Å²) in [5.74, 6) is -0.403. The van der Waals surface area contributed by atoms with E-state index in [1.54, 1.807) is 0 Å². The summed E-state index contributed by atoms with van der Waals surface area (Å²) in [6.45, 7) is 0. The summed E-state index contributed by atoms with van der Waals surface area (Å²) in [5, 5.41) is 0.976. The standard InChI is InChI=1S/C3H4N2O2S/c4-1-2(6)5-3(7)8-1/h1H,4H2,(H,5,6,7). The molecule has 0 aromatic rings. The van der Waals surface area contributed by atoms with Crippen molar-refractivity contribution < 1.29 is 9.59 Å². The van der Waals surface area contributed by atoms with E-state index < -0.39 is 11.3 Å². The number of amides is 2. The average molecular weight is 132 g/mol. The lowest BCUT2D eigenvalue weighted by molar-refractivity contribution is -0.118. The summed E-state index contributed by atoms with van der Waals surface area (Å²) in [6, 6.07) is 0. The zero-order chi connectivity index (χ0) is 6.15. The molecule has 5 heteroatoms. The number of thioether (sulfide) groups is 1. The molecule has 8 heavy (non-hydrogen) atoms. The Labute approximate surface area is 49.8 Å². The first kappa shape index (κ1) is 5.58. The molecule has 0 aliphatic carbocycles. The van der Waals surface area contributed by atoms with E-state index >= 15 is 0 Å². The summed E-state index contributed by atoms with van der Waals surface area (Å²) in [6.07, 6.45) is 0. The van der Waals surface area contributed by atoms with Gasteiger partial charge in [-0.3, -0.25) is 14.9 Å². The topological polar surface area (TPSA) is 72.2 Å². The van der Waals surface area contributed by atoms with Crippen molar-refractivity contribution in [3.8, 4) is 0 Å². The van der Waals surface area contributed by atoms with Gasteiger partial charge >= 0.3 is 0 Å². The molecule has 1 aliphatic rings. The highest BCUT2D eigenvalue weighted by atomic mass is 32.2. The number of carbonyl (C=O) groups is 2. The van der Waals surface area contributed by atoms with Crippen LogP contribution in [0.15, 0.2) is 0 Å². The highest BCUT2D eigenvalue weighted by Crippen LogP contribution is 2.12. The number of carbonyl (C=O) groups excluding carboxylic acids is 2. The lowest BCUT2D eigenvalue weighted by atomic mass is 10.6. The van der Waals surface area contributed by atoms with Crippen molar-refractivity contribution in [1.29, 1.82) is 0 Å². The van der Waals surface area contributed by atoms with Gasteiger partial charge in [-0.05, 0) is 11.8 Å². The van der Waals surface area contributed by atoms with Gasteiger partial charge in [-0.1, -0.05) is 0 Å². The molecule has 1 atom stereocenters. The highest BCUT2D eigenvalue weighted by Gasteiger charge is 2.27. The molecule has 1 unspecified atom stereocenters. The van der Waals surface area contributed by atoms with Crippen LogP contribution in [0.1, 0.15) is 0 Å². The lowest BCUT2D eigenvalue weighted by Crippen LogP contribution is -2.29. The van der Waals surface area contributed by atoms with Crippen LogP contribution in [0.2, 0.25) is 0 Å². The normalized spacial score (nSPS) is 28.4. The smallest absolute Gasteiger partial charge is 0.287 e. The van der Waals surface area contributed by atoms with Crippen molar-refractivity contribution in [2.45, 2.75) is 5.37 Å². The maximum atomic E-state index is 10.3. The lowest BCUT2D eigenvalue weighted by Gasteiger charge is -1.88. The Balaban J connectivity index is 2.64. The fourth-order valence-corrected chi connectivity index (χ4v) is 0.926. The molecule has 0 aromatic carbocycles. The molecule has 0 saturated carbocycles. The van der Waals surface area contributed by atoms with Gasteiger partial charge in [0, 0.05) is 0 Å². The second kappa shape index (κ2) is 1.75. The van der Waals surface area contributed by atoms with Crippen molar-refractivity contribution in [2.24, 2.45) is 5.73 Å². The monoisotopic (exact) mass is 132 g/mol. The van der Waals surface area contributed by atoms with Crippen LogP contribution >= 0.6 is 11.8 Å². The maximum Gasteiger partial charge on any atom is 0.287 e. The molecule has 1 saturated heterocycles. The van der Waals surface area contributed by atoms with Gasteiger partial charge in [-0.2, -0.15) is 0 Å². The molecule has 0 bridgehead atoms. The minimum Gasteiger partial charge on any atom is -0.311 e. The van der Waals surface area contributed by atoms with Gasteiger partial charge in [0.1, 0.15) is 5.37 Å². The number of nitrogens with one attached hydrogen (secondary N) is 1. The molecule has 1 heterocycles. The van der Waals surface area contributed by atoms with Crippen LogP contribution in [0, 0.1) is 0 Å². The molecular weight excluding hydrogens is 128 g/mol. The second-order valence-corrected chi connectivity index (χ2v) is 2.43. The van der Waals surface area contributed by atoms with Crippen LogP contribution in [0.5, 0.6) is 0 Å². The number of hydrogen-bond acceptors (Lipinski definition) is 4. The predicted molar refractivity (Wildman–Crippen MR) is 29.1 cm³/mol. The fourth-order valence-electron chi connectivity index (χ4n) is 0.370. The molecule has 4 nitrogen and oxygen atoms in total. The first-order chi connectivity index (χ1) is 3.70. The molecule has 1 rings (SSSR count). The van der Waals surface area contributed by atoms with E-state index in [2.05, 4.69) is 0 Å². The highest BCUT2D eigenvalue weighted by molar-refractivity contribution is 8.15. The van der Waals surface area contributed by atoms with Gasteiger partial charge in [0.15, 0.2) is 0 Å². The first-order valence-corrected chi connectivity index (χ1v) is 2.85. The Morgan fingerprint density at radius 3 is 2.38 bits per heavy atom. The average Bonchev–Trinajstić information content (AvgIpc) is 1.85. The van der Waals surface area contributed by atoms with Crippen molar-refractivity contribution in [3.63, 3.8) is 0 Å². The van der Waals surface area contributed by atoms with Gasteiger partial charge in [0.25, 0.3) is 11.1 Å². The summed E-state index contributed by atoms with van der Waals surface area (Å²) >= 11 is 0.807. The van der Waals surface area contributed by atoms with Crippen molar-refractivity contribution in [3.05, 3.63) is 0 Å². The minimum absolute atomic E-state index is 0.359. The summed E-state index contributed by atoms with van der Waals surface area (Å²) in [7, 11) is 0. The molecule has 0 spiro atoms. The molecule has 2 amide bonds. The van der Waals surface area contributed by atoms with Crippen LogP contribution in [0.4, 0.5) is 4.79 Å². The van der Waals surface area contributed by atoms with E-state index in [4.69, 9.17) is 5.73 Å².